The van der Waals surface area contributed by atoms with Gasteiger partial charge in [-0.1, -0.05) is 30.3 Å². The van der Waals surface area contributed by atoms with Gasteiger partial charge in [-0.05, 0) is 38.5 Å². The van der Waals surface area contributed by atoms with Gasteiger partial charge in [0.2, 0.25) is 0 Å². The van der Waals surface area contributed by atoms with E-state index in [0.29, 0.717) is 6.42 Å². The van der Waals surface area contributed by atoms with Crippen LogP contribution in [0.5, 0.6) is 0 Å². The summed E-state index contributed by atoms with van der Waals surface area (Å²) in [6.45, 7) is 5.66. The summed E-state index contributed by atoms with van der Waals surface area (Å²) < 4.78 is 7.48. The quantitative estimate of drug-likeness (QED) is 0.792. The SMILES string of the molecule is CC(C)(C)OC(=O)CC(c1ccccc1)n1cccc1. The smallest absolute Gasteiger partial charge is 0.308 e. The molecule has 2 aromatic rings. The van der Waals surface area contributed by atoms with Gasteiger partial charge in [0.05, 0.1) is 12.5 Å². The first-order chi connectivity index (χ1) is 9.46. The molecule has 0 fully saturated rings. The molecule has 0 amide bonds. The van der Waals surface area contributed by atoms with Crippen LogP contribution in [0.15, 0.2) is 54.9 Å². The van der Waals surface area contributed by atoms with E-state index in [1.165, 1.54) is 0 Å². The molecule has 1 unspecified atom stereocenters. The molecule has 0 spiro atoms. The van der Waals surface area contributed by atoms with Gasteiger partial charge in [0.1, 0.15) is 5.60 Å². The summed E-state index contributed by atoms with van der Waals surface area (Å²) in [4.78, 5) is 12.1. The van der Waals surface area contributed by atoms with Crippen LogP contribution in [0.1, 0.15) is 38.8 Å². The maximum atomic E-state index is 12.1. The van der Waals surface area contributed by atoms with Crippen molar-refractivity contribution in [3.05, 3.63) is 60.4 Å². The fourth-order valence-corrected chi connectivity index (χ4v) is 2.17. The van der Waals surface area contributed by atoms with Crippen molar-refractivity contribution >= 4 is 5.97 Å². The molecule has 0 aliphatic carbocycles. The van der Waals surface area contributed by atoms with Gasteiger partial charge in [-0.2, -0.15) is 0 Å². The second kappa shape index (κ2) is 5.95. The molecular formula is C17H21NO2. The molecule has 0 aliphatic heterocycles. The Bertz CT molecular complexity index is 538. The number of ether oxygens (including phenoxy) is 1. The van der Waals surface area contributed by atoms with E-state index >= 15 is 0 Å². The summed E-state index contributed by atoms with van der Waals surface area (Å²) in [5.74, 6) is -0.181. The summed E-state index contributed by atoms with van der Waals surface area (Å²) in [7, 11) is 0. The molecule has 0 saturated heterocycles. The van der Waals surface area contributed by atoms with Crippen LogP contribution < -0.4 is 0 Å². The summed E-state index contributed by atoms with van der Waals surface area (Å²) in [5.41, 5.74) is 0.657. The first-order valence-corrected chi connectivity index (χ1v) is 6.85. The number of nitrogens with zero attached hydrogens (tertiary/aromatic N) is 1. The summed E-state index contributed by atoms with van der Waals surface area (Å²) in [6, 6.07) is 13.9. The normalized spacial score (nSPS) is 12.9. The Hall–Kier alpha value is -2.03. The fraction of sp³-hybridized carbons (Fsp3) is 0.353. The molecule has 1 atom stereocenters. The molecule has 3 nitrogen and oxygen atoms in total. The lowest BCUT2D eigenvalue weighted by Gasteiger charge is -2.23. The van der Waals surface area contributed by atoms with Gasteiger partial charge in [-0.15, -0.1) is 0 Å². The van der Waals surface area contributed by atoms with Crippen molar-refractivity contribution in [1.29, 1.82) is 0 Å². The van der Waals surface area contributed by atoms with Gasteiger partial charge in [-0.25, -0.2) is 0 Å². The molecule has 0 radical (unpaired) electrons. The van der Waals surface area contributed by atoms with Crippen molar-refractivity contribution in [2.24, 2.45) is 0 Å². The van der Waals surface area contributed by atoms with Crippen LogP contribution in [-0.4, -0.2) is 16.1 Å². The predicted molar refractivity (Wildman–Crippen MR) is 79.5 cm³/mol. The number of aromatic nitrogens is 1. The van der Waals surface area contributed by atoms with Crippen molar-refractivity contribution in [2.45, 2.75) is 38.8 Å². The zero-order valence-corrected chi connectivity index (χ0v) is 12.2. The number of carbonyl (C=O) groups excluding carboxylic acids is 1. The van der Waals surface area contributed by atoms with Crippen molar-refractivity contribution in [3.63, 3.8) is 0 Å². The third-order valence-corrected chi connectivity index (χ3v) is 2.95. The van der Waals surface area contributed by atoms with Crippen LogP contribution in [-0.2, 0) is 9.53 Å². The van der Waals surface area contributed by atoms with Crippen molar-refractivity contribution in [1.82, 2.24) is 4.57 Å². The molecule has 3 heteroatoms. The van der Waals surface area contributed by atoms with E-state index in [0.717, 1.165) is 5.56 Å². The maximum Gasteiger partial charge on any atom is 0.308 e. The monoisotopic (exact) mass is 271 g/mol. The highest BCUT2D eigenvalue weighted by molar-refractivity contribution is 5.71. The van der Waals surface area contributed by atoms with Crippen LogP contribution in [0.25, 0.3) is 0 Å². The maximum absolute atomic E-state index is 12.1. The van der Waals surface area contributed by atoms with E-state index in [4.69, 9.17) is 4.74 Å². The van der Waals surface area contributed by atoms with Crippen LogP contribution in [0.3, 0.4) is 0 Å². The van der Waals surface area contributed by atoms with Crippen LogP contribution in [0.2, 0.25) is 0 Å². The third kappa shape index (κ3) is 3.98. The highest BCUT2D eigenvalue weighted by Crippen LogP contribution is 2.23. The summed E-state index contributed by atoms with van der Waals surface area (Å²) in [5, 5.41) is 0. The number of carbonyl (C=O) groups is 1. The molecular weight excluding hydrogens is 250 g/mol. The van der Waals surface area contributed by atoms with Crippen LogP contribution in [0.4, 0.5) is 0 Å². The molecule has 1 aromatic heterocycles. The molecule has 20 heavy (non-hydrogen) atoms. The number of hydrogen-bond donors (Lipinski definition) is 0. The lowest BCUT2D eigenvalue weighted by atomic mass is 10.0. The molecule has 0 aliphatic rings. The summed E-state index contributed by atoms with van der Waals surface area (Å²) >= 11 is 0. The van der Waals surface area contributed by atoms with E-state index in [1.807, 2.05) is 80.2 Å². The van der Waals surface area contributed by atoms with Crippen LogP contribution in [0, 0.1) is 0 Å². The van der Waals surface area contributed by atoms with Crippen LogP contribution >= 0.6 is 0 Å². The second-order valence-electron chi connectivity index (χ2n) is 5.85. The van der Waals surface area contributed by atoms with Gasteiger partial charge < -0.3 is 9.30 Å². The number of benzene rings is 1. The summed E-state index contributed by atoms with van der Waals surface area (Å²) in [6.07, 6.45) is 4.28. The lowest BCUT2D eigenvalue weighted by molar-refractivity contribution is -0.155. The van der Waals surface area contributed by atoms with Gasteiger partial charge in [-0.3, -0.25) is 4.79 Å². The van der Waals surface area contributed by atoms with E-state index in [2.05, 4.69) is 0 Å². The number of rotatable bonds is 4. The van der Waals surface area contributed by atoms with E-state index in [1.54, 1.807) is 0 Å². The Morgan fingerprint density at radius 3 is 2.25 bits per heavy atom. The van der Waals surface area contributed by atoms with Crippen molar-refractivity contribution in [3.8, 4) is 0 Å². The average Bonchev–Trinajstić information content (AvgIpc) is 2.88. The molecule has 0 bridgehead atoms. The Morgan fingerprint density at radius 1 is 1.10 bits per heavy atom. The first kappa shape index (κ1) is 14.4. The third-order valence-electron chi connectivity index (χ3n) is 2.95. The Kier molecular flexibility index (Phi) is 4.28. The van der Waals surface area contributed by atoms with Gasteiger partial charge in [0.25, 0.3) is 0 Å². The molecule has 106 valence electrons. The highest BCUT2D eigenvalue weighted by atomic mass is 16.6. The predicted octanol–water partition coefficient (Wildman–Crippen LogP) is 3.81. The zero-order valence-electron chi connectivity index (χ0n) is 12.2. The molecule has 0 N–H and O–H groups in total. The minimum atomic E-state index is -0.449. The van der Waals surface area contributed by atoms with E-state index < -0.39 is 5.60 Å². The standard InChI is InChI=1S/C17H21NO2/c1-17(2,3)20-16(19)13-15(18-11-7-8-12-18)14-9-5-4-6-10-14/h4-12,15H,13H2,1-3H3. The van der Waals surface area contributed by atoms with E-state index in [-0.39, 0.29) is 12.0 Å². The fourth-order valence-electron chi connectivity index (χ4n) is 2.17. The molecule has 1 heterocycles. The topological polar surface area (TPSA) is 31.2 Å². The minimum Gasteiger partial charge on any atom is -0.460 e. The minimum absolute atomic E-state index is 0.0268. The molecule has 2 rings (SSSR count). The second-order valence-corrected chi connectivity index (χ2v) is 5.85. The molecule has 1 aromatic carbocycles. The van der Waals surface area contributed by atoms with Gasteiger partial charge >= 0.3 is 5.97 Å². The zero-order chi connectivity index (χ0) is 14.6. The Morgan fingerprint density at radius 2 is 1.70 bits per heavy atom. The largest absolute Gasteiger partial charge is 0.460 e. The Labute approximate surface area is 120 Å². The number of hydrogen-bond acceptors (Lipinski definition) is 2. The first-order valence-electron chi connectivity index (χ1n) is 6.85. The number of esters is 1. The highest BCUT2D eigenvalue weighted by Gasteiger charge is 2.22. The average molecular weight is 271 g/mol. The van der Waals surface area contributed by atoms with Gasteiger partial charge in [0.15, 0.2) is 0 Å². The Balaban J connectivity index is 2.19. The molecule has 0 saturated carbocycles. The lowest BCUT2D eigenvalue weighted by Crippen LogP contribution is -2.26. The van der Waals surface area contributed by atoms with E-state index in [9.17, 15) is 4.79 Å². The van der Waals surface area contributed by atoms with Gasteiger partial charge in [0, 0.05) is 12.4 Å². The van der Waals surface area contributed by atoms with Crippen molar-refractivity contribution < 1.29 is 9.53 Å². The van der Waals surface area contributed by atoms with Crippen molar-refractivity contribution in [2.75, 3.05) is 0 Å².